The van der Waals surface area contributed by atoms with Crippen molar-refractivity contribution in [3.8, 4) is 11.3 Å². The van der Waals surface area contributed by atoms with E-state index in [2.05, 4.69) is 10.3 Å². The Hall–Kier alpha value is -2.31. The van der Waals surface area contributed by atoms with Gasteiger partial charge in [-0.05, 0) is 42.4 Å². The van der Waals surface area contributed by atoms with Crippen molar-refractivity contribution in [3.05, 3.63) is 60.4 Å². The van der Waals surface area contributed by atoms with Crippen molar-refractivity contribution in [3.63, 3.8) is 0 Å². The smallest absolute Gasteiger partial charge is 0.253 e. The van der Waals surface area contributed by atoms with Crippen LogP contribution in [0.5, 0.6) is 0 Å². The van der Waals surface area contributed by atoms with Gasteiger partial charge in [0, 0.05) is 18.0 Å². The lowest BCUT2D eigenvalue weighted by Crippen LogP contribution is -2.44. The minimum atomic E-state index is -0.184. The third-order valence-electron chi connectivity index (χ3n) is 5.13. The van der Waals surface area contributed by atoms with E-state index in [4.69, 9.17) is 0 Å². The first-order valence-electron chi connectivity index (χ1n) is 9.28. The number of carbonyl (C=O) groups is 1. The number of hydrogen-bond donors (Lipinski definition) is 2. The number of nitrogens with zero attached hydrogens (tertiary/aromatic N) is 2. The molecule has 1 aliphatic heterocycles. The molecule has 5 nitrogen and oxygen atoms in total. The molecule has 4 rings (SSSR count). The summed E-state index contributed by atoms with van der Waals surface area (Å²) in [5, 5.41) is 12.8. The minimum Gasteiger partial charge on any atom is -0.394 e. The van der Waals surface area contributed by atoms with Crippen LogP contribution in [0.4, 0.5) is 0 Å². The minimum absolute atomic E-state index is 0.0213. The number of thioether (sulfide) groups is 1. The van der Waals surface area contributed by atoms with Crippen LogP contribution in [0.15, 0.2) is 54.9 Å². The molecule has 3 aromatic rings. The Morgan fingerprint density at radius 2 is 1.96 bits per heavy atom. The normalized spacial score (nSPS) is 16.3. The molecular formula is C21H23N3O2S. The summed E-state index contributed by atoms with van der Waals surface area (Å²) in [6.07, 6.45) is 5.81. The molecule has 0 aliphatic carbocycles. The zero-order chi connectivity index (χ0) is 18.6. The van der Waals surface area contributed by atoms with Crippen molar-refractivity contribution >= 4 is 23.3 Å². The maximum absolute atomic E-state index is 12.7. The van der Waals surface area contributed by atoms with Crippen LogP contribution in [0.25, 0.3) is 16.9 Å². The number of nitrogens with one attached hydrogen (secondary N) is 1. The fourth-order valence-electron chi connectivity index (χ4n) is 3.56. The van der Waals surface area contributed by atoms with E-state index in [0.717, 1.165) is 41.3 Å². The van der Waals surface area contributed by atoms with Crippen LogP contribution in [-0.2, 0) is 0 Å². The van der Waals surface area contributed by atoms with Crippen molar-refractivity contribution in [2.75, 3.05) is 18.1 Å². The highest BCUT2D eigenvalue weighted by atomic mass is 32.2. The van der Waals surface area contributed by atoms with Crippen LogP contribution in [0.2, 0.25) is 0 Å². The van der Waals surface area contributed by atoms with Crippen molar-refractivity contribution < 1.29 is 9.90 Å². The average Bonchev–Trinajstić information content (AvgIpc) is 3.16. The Bertz CT molecular complexity index is 920. The number of rotatable bonds is 5. The largest absolute Gasteiger partial charge is 0.394 e. The first-order valence-corrected chi connectivity index (χ1v) is 10.4. The lowest BCUT2D eigenvalue weighted by Gasteiger charge is -2.29. The Labute approximate surface area is 162 Å². The van der Waals surface area contributed by atoms with Crippen molar-refractivity contribution in [1.82, 2.24) is 14.7 Å². The van der Waals surface area contributed by atoms with E-state index in [0.29, 0.717) is 11.5 Å². The summed E-state index contributed by atoms with van der Waals surface area (Å²) < 4.78 is 1.88. The molecule has 140 valence electrons. The maximum atomic E-state index is 12.7. The zero-order valence-electron chi connectivity index (χ0n) is 15.0. The molecule has 2 aromatic heterocycles. The maximum Gasteiger partial charge on any atom is 0.253 e. The average molecular weight is 382 g/mol. The van der Waals surface area contributed by atoms with E-state index >= 15 is 0 Å². The molecule has 1 saturated heterocycles. The number of aliphatic hydroxyl groups excluding tert-OH is 1. The topological polar surface area (TPSA) is 66.6 Å². The Morgan fingerprint density at radius 1 is 1.19 bits per heavy atom. The molecule has 1 amide bonds. The second-order valence-electron chi connectivity index (χ2n) is 6.89. The van der Waals surface area contributed by atoms with E-state index in [-0.39, 0.29) is 18.6 Å². The van der Waals surface area contributed by atoms with Crippen molar-refractivity contribution in [2.45, 2.75) is 18.9 Å². The Balaban J connectivity index is 1.53. The number of benzene rings is 1. The van der Waals surface area contributed by atoms with Crippen molar-refractivity contribution in [2.24, 2.45) is 5.92 Å². The van der Waals surface area contributed by atoms with Crippen LogP contribution in [0.1, 0.15) is 23.2 Å². The summed E-state index contributed by atoms with van der Waals surface area (Å²) in [6, 6.07) is 13.4. The van der Waals surface area contributed by atoms with Crippen LogP contribution in [0, 0.1) is 5.92 Å². The van der Waals surface area contributed by atoms with Gasteiger partial charge in [0.25, 0.3) is 5.91 Å². The number of imidazole rings is 1. The van der Waals surface area contributed by atoms with Crippen LogP contribution in [-0.4, -0.2) is 44.6 Å². The molecule has 27 heavy (non-hydrogen) atoms. The van der Waals surface area contributed by atoms with E-state index in [9.17, 15) is 9.90 Å². The standard InChI is InChI=1S/C21H23N3O2S/c25-14-19(16-8-10-27-11-9-16)23-21(26)17-6-7-20-22-18(13-24(20)12-17)15-4-2-1-3-5-15/h1-7,12-13,16,19,25H,8-11,14H2,(H,23,26). The van der Waals surface area contributed by atoms with E-state index in [1.54, 1.807) is 12.3 Å². The highest BCUT2D eigenvalue weighted by Gasteiger charge is 2.25. The monoisotopic (exact) mass is 381 g/mol. The van der Waals surface area contributed by atoms with Gasteiger partial charge >= 0.3 is 0 Å². The third kappa shape index (κ3) is 4.01. The molecule has 1 atom stereocenters. The van der Waals surface area contributed by atoms with Crippen LogP contribution in [0.3, 0.4) is 0 Å². The van der Waals surface area contributed by atoms with Gasteiger partial charge < -0.3 is 14.8 Å². The van der Waals surface area contributed by atoms with Gasteiger partial charge in [0.15, 0.2) is 0 Å². The third-order valence-corrected chi connectivity index (χ3v) is 6.18. The van der Waals surface area contributed by atoms with Crippen LogP contribution < -0.4 is 5.32 Å². The van der Waals surface area contributed by atoms with Gasteiger partial charge in [0.05, 0.1) is 23.9 Å². The fourth-order valence-corrected chi connectivity index (χ4v) is 4.70. The molecular weight excluding hydrogens is 358 g/mol. The second kappa shape index (κ2) is 8.15. The molecule has 1 fully saturated rings. The first kappa shape index (κ1) is 18.1. The lowest BCUT2D eigenvalue weighted by molar-refractivity contribution is 0.0884. The molecule has 0 spiro atoms. The molecule has 3 heterocycles. The molecule has 6 heteroatoms. The quantitative estimate of drug-likeness (QED) is 0.712. The van der Waals surface area contributed by atoms with Gasteiger partial charge in [0.1, 0.15) is 5.65 Å². The highest BCUT2D eigenvalue weighted by molar-refractivity contribution is 7.99. The predicted octanol–water partition coefficient (Wildman–Crippen LogP) is 3.24. The summed E-state index contributed by atoms with van der Waals surface area (Å²) in [5.41, 5.74) is 3.29. The van der Waals surface area contributed by atoms with Gasteiger partial charge in [-0.25, -0.2) is 4.98 Å². The first-order chi connectivity index (χ1) is 13.2. The van der Waals surface area contributed by atoms with E-state index in [1.807, 2.05) is 58.8 Å². The van der Waals surface area contributed by atoms with Gasteiger partial charge in [0.2, 0.25) is 0 Å². The number of amides is 1. The summed E-state index contributed by atoms with van der Waals surface area (Å²) >= 11 is 1.94. The van der Waals surface area contributed by atoms with E-state index < -0.39 is 0 Å². The molecule has 0 bridgehead atoms. The molecule has 0 radical (unpaired) electrons. The van der Waals surface area contributed by atoms with Crippen molar-refractivity contribution in [1.29, 1.82) is 0 Å². The summed E-state index contributed by atoms with van der Waals surface area (Å²) in [6.45, 7) is -0.0213. The Kier molecular flexibility index (Phi) is 5.45. The Morgan fingerprint density at radius 3 is 2.70 bits per heavy atom. The number of carbonyl (C=O) groups excluding carboxylic acids is 1. The SMILES string of the molecule is O=C(NC(CO)C1CCSCC1)c1ccc2nc(-c3ccccc3)cn2c1. The van der Waals surface area contributed by atoms with Gasteiger partial charge in [-0.15, -0.1) is 0 Å². The number of pyridine rings is 1. The second-order valence-corrected chi connectivity index (χ2v) is 8.11. The molecule has 1 aliphatic rings. The molecule has 0 saturated carbocycles. The molecule has 2 N–H and O–H groups in total. The zero-order valence-corrected chi connectivity index (χ0v) is 15.9. The summed E-state index contributed by atoms with van der Waals surface area (Å²) in [5.74, 6) is 2.40. The number of hydrogen-bond acceptors (Lipinski definition) is 4. The van der Waals surface area contributed by atoms with Gasteiger partial charge in [-0.3, -0.25) is 4.79 Å². The number of aliphatic hydroxyl groups is 1. The number of aromatic nitrogens is 2. The lowest BCUT2D eigenvalue weighted by atomic mass is 9.94. The van der Waals surface area contributed by atoms with Crippen LogP contribution >= 0.6 is 11.8 Å². The predicted molar refractivity (Wildman–Crippen MR) is 109 cm³/mol. The highest BCUT2D eigenvalue weighted by Crippen LogP contribution is 2.25. The molecule has 1 unspecified atom stereocenters. The number of fused-ring (bicyclic) bond motifs is 1. The van der Waals surface area contributed by atoms with Gasteiger partial charge in [-0.1, -0.05) is 30.3 Å². The van der Waals surface area contributed by atoms with Gasteiger partial charge in [-0.2, -0.15) is 11.8 Å². The molecule has 1 aromatic carbocycles. The summed E-state index contributed by atoms with van der Waals surface area (Å²) in [4.78, 5) is 17.3. The summed E-state index contributed by atoms with van der Waals surface area (Å²) in [7, 11) is 0. The fraction of sp³-hybridized carbons (Fsp3) is 0.333. The van der Waals surface area contributed by atoms with E-state index in [1.165, 1.54) is 0 Å².